The molecule has 2 aromatic carbocycles. The van der Waals surface area contributed by atoms with Crippen molar-refractivity contribution in [2.45, 2.75) is 18.3 Å². The lowest BCUT2D eigenvalue weighted by Gasteiger charge is -2.15. The summed E-state index contributed by atoms with van der Waals surface area (Å²) in [5, 5.41) is 3.31. The molecule has 3 rings (SSSR count). The second kappa shape index (κ2) is 4.71. The van der Waals surface area contributed by atoms with Gasteiger partial charge in [-0.05, 0) is 48.7 Å². The van der Waals surface area contributed by atoms with Gasteiger partial charge in [0.1, 0.15) is 0 Å². The Morgan fingerprint density at radius 3 is 2.37 bits per heavy atom. The summed E-state index contributed by atoms with van der Waals surface area (Å²) in [4.78, 5) is 0. The average Bonchev–Trinajstić information content (AvgIpc) is 3.20. The molecule has 0 aliphatic heterocycles. The minimum atomic E-state index is 0.392. The summed E-state index contributed by atoms with van der Waals surface area (Å²) in [6, 6.07) is 17.0. The highest BCUT2D eigenvalue weighted by Crippen LogP contribution is 2.47. The summed E-state index contributed by atoms with van der Waals surface area (Å²) < 4.78 is 0. The fourth-order valence-corrected chi connectivity index (χ4v) is 2.79. The molecule has 1 aliphatic rings. The zero-order chi connectivity index (χ0) is 13.3. The first-order chi connectivity index (χ1) is 9.23. The van der Waals surface area contributed by atoms with Crippen molar-refractivity contribution in [3.05, 3.63) is 54.1 Å². The Morgan fingerprint density at radius 2 is 1.79 bits per heavy atom. The van der Waals surface area contributed by atoms with Crippen LogP contribution in [0.4, 0.5) is 5.69 Å². The number of nitrogen functional groups attached to an aromatic ring is 1. The molecule has 0 unspecified atom stereocenters. The summed E-state index contributed by atoms with van der Waals surface area (Å²) >= 11 is 0. The molecule has 0 amide bonds. The fourth-order valence-electron chi connectivity index (χ4n) is 2.79. The monoisotopic (exact) mass is 252 g/mol. The van der Waals surface area contributed by atoms with Gasteiger partial charge in [0.05, 0.1) is 0 Å². The molecule has 2 heteroatoms. The SMILES string of the molecule is CNCC1(c2ccc(-c3cccc(N)c3)cc2)CC1. The Labute approximate surface area is 114 Å². The molecular formula is C17H20N2. The first-order valence-corrected chi connectivity index (χ1v) is 6.85. The van der Waals surface area contributed by atoms with Crippen LogP contribution in [0.15, 0.2) is 48.5 Å². The molecule has 0 bridgehead atoms. The van der Waals surface area contributed by atoms with Crippen molar-refractivity contribution in [2.24, 2.45) is 0 Å². The Hall–Kier alpha value is -1.80. The van der Waals surface area contributed by atoms with E-state index in [0.717, 1.165) is 12.2 Å². The van der Waals surface area contributed by atoms with Crippen LogP contribution in [0.5, 0.6) is 0 Å². The largest absolute Gasteiger partial charge is 0.399 e. The van der Waals surface area contributed by atoms with Crippen molar-refractivity contribution >= 4 is 5.69 Å². The van der Waals surface area contributed by atoms with Crippen LogP contribution in [0.2, 0.25) is 0 Å². The number of hydrogen-bond donors (Lipinski definition) is 2. The topological polar surface area (TPSA) is 38.0 Å². The predicted molar refractivity (Wildman–Crippen MR) is 81.1 cm³/mol. The van der Waals surface area contributed by atoms with Crippen LogP contribution in [-0.4, -0.2) is 13.6 Å². The molecule has 2 aromatic rings. The minimum absolute atomic E-state index is 0.392. The number of nitrogens with two attached hydrogens (primary N) is 1. The predicted octanol–water partition coefficient (Wildman–Crippen LogP) is 3.19. The quantitative estimate of drug-likeness (QED) is 0.820. The van der Waals surface area contributed by atoms with Gasteiger partial charge in [-0.3, -0.25) is 0 Å². The van der Waals surface area contributed by atoms with Crippen LogP contribution in [0.1, 0.15) is 18.4 Å². The van der Waals surface area contributed by atoms with Gasteiger partial charge in [-0.1, -0.05) is 36.4 Å². The minimum Gasteiger partial charge on any atom is -0.399 e. The maximum Gasteiger partial charge on any atom is 0.0320 e. The number of nitrogens with one attached hydrogen (secondary N) is 1. The molecule has 0 aromatic heterocycles. The molecule has 1 aliphatic carbocycles. The van der Waals surface area contributed by atoms with Gasteiger partial charge >= 0.3 is 0 Å². The molecular weight excluding hydrogens is 232 g/mol. The number of likely N-dealkylation sites (N-methyl/N-ethyl adjacent to an activating group) is 1. The van der Waals surface area contributed by atoms with Crippen LogP contribution >= 0.6 is 0 Å². The summed E-state index contributed by atoms with van der Waals surface area (Å²) in [6.07, 6.45) is 2.59. The smallest absolute Gasteiger partial charge is 0.0320 e. The van der Waals surface area contributed by atoms with Gasteiger partial charge in [0.2, 0.25) is 0 Å². The Bertz CT molecular complexity index is 568. The third-order valence-corrected chi connectivity index (χ3v) is 4.09. The molecule has 2 nitrogen and oxygen atoms in total. The van der Waals surface area contributed by atoms with E-state index in [0.29, 0.717) is 5.41 Å². The normalized spacial score (nSPS) is 16.3. The maximum absolute atomic E-state index is 5.84. The summed E-state index contributed by atoms with van der Waals surface area (Å²) in [5.74, 6) is 0. The van der Waals surface area contributed by atoms with Gasteiger partial charge in [0.15, 0.2) is 0 Å². The molecule has 98 valence electrons. The van der Waals surface area contributed by atoms with Crippen molar-refractivity contribution in [3.8, 4) is 11.1 Å². The molecule has 1 fully saturated rings. The highest BCUT2D eigenvalue weighted by atomic mass is 14.8. The van der Waals surface area contributed by atoms with Gasteiger partial charge in [-0.25, -0.2) is 0 Å². The van der Waals surface area contributed by atoms with E-state index < -0.39 is 0 Å². The van der Waals surface area contributed by atoms with Crippen LogP contribution in [0.25, 0.3) is 11.1 Å². The third-order valence-electron chi connectivity index (χ3n) is 4.09. The van der Waals surface area contributed by atoms with E-state index in [1.807, 2.05) is 25.2 Å². The molecule has 0 radical (unpaired) electrons. The Kier molecular flexibility index (Phi) is 3.03. The number of hydrogen-bond acceptors (Lipinski definition) is 2. The van der Waals surface area contributed by atoms with E-state index in [9.17, 15) is 0 Å². The summed E-state index contributed by atoms with van der Waals surface area (Å²) in [5.41, 5.74) is 10.9. The Balaban J connectivity index is 1.87. The van der Waals surface area contributed by atoms with Crippen molar-refractivity contribution in [3.63, 3.8) is 0 Å². The molecule has 19 heavy (non-hydrogen) atoms. The van der Waals surface area contributed by atoms with E-state index >= 15 is 0 Å². The fraction of sp³-hybridized carbons (Fsp3) is 0.294. The Morgan fingerprint density at radius 1 is 1.05 bits per heavy atom. The lowest BCUT2D eigenvalue weighted by atomic mass is 9.93. The maximum atomic E-state index is 5.84. The van der Waals surface area contributed by atoms with Crippen molar-refractivity contribution in [1.29, 1.82) is 0 Å². The lowest BCUT2D eigenvalue weighted by Crippen LogP contribution is -2.23. The number of anilines is 1. The van der Waals surface area contributed by atoms with Crippen molar-refractivity contribution < 1.29 is 0 Å². The highest BCUT2D eigenvalue weighted by Gasteiger charge is 2.43. The summed E-state index contributed by atoms with van der Waals surface area (Å²) in [6.45, 7) is 1.07. The van der Waals surface area contributed by atoms with E-state index in [1.54, 1.807) is 0 Å². The van der Waals surface area contributed by atoms with E-state index in [4.69, 9.17) is 5.73 Å². The van der Waals surface area contributed by atoms with Crippen LogP contribution in [-0.2, 0) is 5.41 Å². The zero-order valence-corrected chi connectivity index (χ0v) is 11.3. The molecule has 0 heterocycles. The molecule has 0 spiro atoms. The number of rotatable bonds is 4. The second-order valence-electron chi connectivity index (χ2n) is 5.51. The van der Waals surface area contributed by atoms with Gasteiger partial charge in [-0.15, -0.1) is 0 Å². The summed E-state index contributed by atoms with van der Waals surface area (Å²) in [7, 11) is 2.03. The van der Waals surface area contributed by atoms with E-state index in [1.165, 1.54) is 29.5 Å². The first-order valence-electron chi connectivity index (χ1n) is 6.85. The highest BCUT2D eigenvalue weighted by molar-refractivity contribution is 5.67. The van der Waals surface area contributed by atoms with Crippen molar-refractivity contribution in [1.82, 2.24) is 5.32 Å². The first kappa shape index (κ1) is 12.2. The van der Waals surface area contributed by atoms with Gasteiger partial charge in [0, 0.05) is 17.6 Å². The molecule has 0 atom stereocenters. The van der Waals surface area contributed by atoms with Crippen LogP contribution in [0.3, 0.4) is 0 Å². The van der Waals surface area contributed by atoms with Crippen LogP contribution in [0, 0.1) is 0 Å². The van der Waals surface area contributed by atoms with Gasteiger partial charge in [-0.2, -0.15) is 0 Å². The average molecular weight is 252 g/mol. The van der Waals surface area contributed by atoms with Crippen LogP contribution < -0.4 is 11.1 Å². The second-order valence-corrected chi connectivity index (χ2v) is 5.51. The van der Waals surface area contributed by atoms with E-state index in [2.05, 4.69) is 35.6 Å². The van der Waals surface area contributed by atoms with Crippen molar-refractivity contribution in [2.75, 3.05) is 19.3 Å². The molecule has 3 N–H and O–H groups in total. The zero-order valence-electron chi connectivity index (χ0n) is 11.3. The van der Waals surface area contributed by atoms with E-state index in [-0.39, 0.29) is 0 Å². The van der Waals surface area contributed by atoms with Gasteiger partial charge in [0.25, 0.3) is 0 Å². The standard InChI is InChI=1S/C17H20N2/c1-19-12-17(9-10-17)15-7-5-13(6-8-15)14-3-2-4-16(18)11-14/h2-8,11,19H,9-10,12,18H2,1H3. The molecule has 1 saturated carbocycles. The molecule has 0 saturated heterocycles. The lowest BCUT2D eigenvalue weighted by molar-refractivity contribution is 0.624. The van der Waals surface area contributed by atoms with Gasteiger partial charge < -0.3 is 11.1 Å². The number of benzene rings is 2. The third kappa shape index (κ3) is 2.36.